The van der Waals surface area contributed by atoms with Crippen molar-refractivity contribution in [2.24, 2.45) is 0 Å². The third kappa shape index (κ3) is 3.72. The molecule has 2 N–H and O–H groups in total. The van der Waals surface area contributed by atoms with E-state index in [9.17, 15) is 9.59 Å². The van der Waals surface area contributed by atoms with Gasteiger partial charge in [0.2, 0.25) is 0 Å². The summed E-state index contributed by atoms with van der Waals surface area (Å²) >= 11 is 5.79. The largest absolute Gasteiger partial charge is 0.478 e. The number of aromatic carboxylic acids is 1. The van der Waals surface area contributed by atoms with E-state index in [1.54, 1.807) is 13.8 Å². The van der Waals surface area contributed by atoms with Crippen LogP contribution in [-0.4, -0.2) is 29.7 Å². The van der Waals surface area contributed by atoms with E-state index in [0.29, 0.717) is 12.3 Å². The molecule has 0 aromatic heterocycles. The fraction of sp³-hybridized carbons (Fsp3) is 0.333. The molecule has 5 nitrogen and oxygen atoms in total. The molecule has 0 heterocycles. The molecule has 0 aliphatic carbocycles. The van der Waals surface area contributed by atoms with Gasteiger partial charge in [-0.1, -0.05) is 11.6 Å². The molecule has 0 fully saturated rings. The van der Waals surface area contributed by atoms with Gasteiger partial charge in [-0.3, -0.25) is 4.79 Å². The minimum atomic E-state index is -1.11. The maximum atomic E-state index is 11.6. The van der Waals surface area contributed by atoms with E-state index in [1.165, 1.54) is 18.2 Å². The summed E-state index contributed by atoms with van der Waals surface area (Å²) in [5.74, 6) is -1.42. The van der Waals surface area contributed by atoms with Gasteiger partial charge in [0.1, 0.15) is 6.10 Å². The predicted molar refractivity (Wildman–Crippen MR) is 68.1 cm³/mol. The summed E-state index contributed by atoms with van der Waals surface area (Å²) in [5.41, 5.74) is 0.425. The quantitative estimate of drug-likeness (QED) is 0.862. The van der Waals surface area contributed by atoms with E-state index in [1.807, 2.05) is 0 Å². The summed E-state index contributed by atoms with van der Waals surface area (Å²) in [5, 5.41) is 11.5. The second-order valence-electron chi connectivity index (χ2n) is 3.59. The van der Waals surface area contributed by atoms with E-state index < -0.39 is 12.1 Å². The lowest BCUT2D eigenvalue weighted by Gasteiger charge is -2.12. The molecule has 0 radical (unpaired) electrons. The van der Waals surface area contributed by atoms with Crippen molar-refractivity contribution in [2.45, 2.75) is 20.0 Å². The number of hydrogen-bond acceptors (Lipinski definition) is 3. The smallest absolute Gasteiger partial charge is 0.337 e. The maximum Gasteiger partial charge on any atom is 0.337 e. The van der Waals surface area contributed by atoms with E-state index in [2.05, 4.69) is 5.32 Å². The second-order valence-corrected chi connectivity index (χ2v) is 3.99. The zero-order valence-electron chi connectivity index (χ0n) is 10.1. The van der Waals surface area contributed by atoms with Crippen LogP contribution in [0.1, 0.15) is 24.2 Å². The van der Waals surface area contributed by atoms with Crippen LogP contribution < -0.4 is 5.32 Å². The highest BCUT2D eigenvalue weighted by Crippen LogP contribution is 2.21. The first-order valence-corrected chi connectivity index (χ1v) is 5.78. The molecule has 1 amide bonds. The normalized spacial score (nSPS) is 11.9. The summed E-state index contributed by atoms with van der Waals surface area (Å²) in [6.45, 7) is 3.86. The third-order valence-electron chi connectivity index (χ3n) is 2.25. The minimum absolute atomic E-state index is 0.00692. The molecular weight excluding hydrogens is 258 g/mol. The summed E-state index contributed by atoms with van der Waals surface area (Å²) in [7, 11) is 0. The molecular formula is C12H14ClNO4. The van der Waals surface area contributed by atoms with Crippen molar-refractivity contribution in [3.05, 3.63) is 28.8 Å². The first-order valence-electron chi connectivity index (χ1n) is 5.41. The highest BCUT2D eigenvalue weighted by molar-refractivity contribution is 6.33. The first kappa shape index (κ1) is 14.5. The van der Waals surface area contributed by atoms with E-state index in [-0.39, 0.29) is 16.5 Å². The topological polar surface area (TPSA) is 75.6 Å². The van der Waals surface area contributed by atoms with Gasteiger partial charge in [0.15, 0.2) is 0 Å². The van der Waals surface area contributed by atoms with Gasteiger partial charge in [-0.2, -0.15) is 0 Å². The number of amides is 1. The Morgan fingerprint density at radius 2 is 2.17 bits per heavy atom. The van der Waals surface area contributed by atoms with Crippen LogP contribution in [0.3, 0.4) is 0 Å². The number of carboxylic acid groups (broad SMARTS) is 1. The lowest BCUT2D eigenvalue weighted by atomic mass is 10.2. The fourth-order valence-electron chi connectivity index (χ4n) is 1.34. The highest BCUT2D eigenvalue weighted by atomic mass is 35.5. The number of nitrogens with one attached hydrogen (secondary N) is 1. The Kier molecular flexibility index (Phi) is 5.12. The van der Waals surface area contributed by atoms with Crippen LogP contribution in [0.25, 0.3) is 0 Å². The molecule has 0 saturated carbocycles. The average molecular weight is 272 g/mol. The van der Waals surface area contributed by atoms with Crippen LogP contribution in [0.4, 0.5) is 5.69 Å². The van der Waals surface area contributed by atoms with Crippen LogP contribution in [0.5, 0.6) is 0 Å². The molecule has 0 aliphatic rings. The number of anilines is 1. The standard InChI is InChI=1S/C12H14ClNO4/c1-3-18-7(2)11(15)14-8-4-5-9(12(16)17)10(13)6-8/h4-7H,3H2,1-2H3,(H,14,15)(H,16,17). The molecule has 0 saturated heterocycles. The van der Waals surface area contributed by atoms with Crippen molar-refractivity contribution in [1.29, 1.82) is 0 Å². The SMILES string of the molecule is CCOC(C)C(=O)Nc1ccc(C(=O)O)c(Cl)c1. The number of benzene rings is 1. The Labute approximate surface area is 110 Å². The van der Waals surface area contributed by atoms with Gasteiger partial charge in [0.25, 0.3) is 5.91 Å². The van der Waals surface area contributed by atoms with E-state index >= 15 is 0 Å². The summed E-state index contributed by atoms with van der Waals surface area (Å²) in [6.07, 6.45) is -0.576. The second kappa shape index (κ2) is 6.37. The maximum absolute atomic E-state index is 11.6. The predicted octanol–water partition coefficient (Wildman–Crippen LogP) is 2.40. The van der Waals surface area contributed by atoms with E-state index in [4.69, 9.17) is 21.4 Å². The average Bonchev–Trinajstić information content (AvgIpc) is 2.28. The van der Waals surface area contributed by atoms with Gasteiger partial charge < -0.3 is 15.2 Å². The highest BCUT2D eigenvalue weighted by Gasteiger charge is 2.14. The number of halogens is 1. The molecule has 6 heteroatoms. The number of hydrogen-bond donors (Lipinski definition) is 2. The summed E-state index contributed by atoms with van der Waals surface area (Å²) in [6, 6.07) is 4.21. The third-order valence-corrected chi connectivity index (χ3v) is 2.57. The van der Waals surface area contributed by atoms with Crippen molar-refractivity contribution in [2.75, 3.05) is 11.9 Å². The molecule has 1 aromatic carbocycles. The van der Waals surface area contributed by atoms with Crippen LogP contribution in [0.2, 0.25) is 5.02 Å². The fourth-order valence-corrected chi connectivity index (χ4v) is 1.60. The molecule has 1 aromatic rings. The molecule has 1 atom stereocenters. The number of carbonyl (C=O) groups is 2. The van der Waals surface area contributed by atoms with Gasteiger partial charge in [0, 0.05) is 12.3 Å². The zero-order valence-corrected chi connectivity index (χ0v) is 10.8. The van der Waals surface area contributed by atoms with E-state index in [0.717, 1.165) is 0 Å². The van der Waals surface area contributed by atoms with Crippen LogP contribution >= 0.6 is 11.6 Å². The van der Waals surface area contributed by atoms with Gasteiger partial charge >= 0.3 is 5.97 Å². The molecule has 98 valence electrons. The number of carbonyl (C=O) groups excluding carboxylic acids is 1. The van der Waals surface area contributed by atoms with Gasteiger partial charge in [-0.25, -0.2) is 4.79 Å². The van der Waals surface area contributed by atoms with Crippen molar-refractivity contribution < 1.29 is 19.4 Å². The number of carboxylic acids is 1. The Balaban J connectivity index is 2.77. The molecule has 0 spiro atoms. The van der Waals surface area contributed by atoms with Crippen molar-refractivity contribution in [1.82, 2.24) is 0 Å². The van der Waals surface area contributed by atoms with Crippen LogP contribution in [0, 0.1) is 0 Å². The lowest BCUT2D eigenvalue weighted by molar-refractivity contribution is -0.126. The summed E-state index contributed by atoms with van der Waals surface area (Å²) < 4.78 is 5.13. The zero-order chi connectivity index (χ0) is 13.7. The minimum Gasteiger partial charge on any atom is -0.478 e. The molecule has 1 unspecified atom stereocenters. The Hall–Kier alpha value is -1.59. The lowest BCUT2D eigenvalue weighted by Crippen LogP contribution is -2.27. The molecule has 0 bridgehead atoms. The van der Waals surface area contributed by atoms with Crippen LogP contribution in [0.15, 0.2) is 18.2 Å². The van der Waals surface area contributed by atoms with Gasteiger partial charge in [-0.15, -0.1) is 0 Å². The van der Waals surface area contributed by atoms with Gasteiger partial charge in [-0.05, 0) is 32.0 Å². The van der Waals surface area contributed by atoms with Crippen molar-refractivity contribution in [3.8, 4) is 0 Å². The van der Waals surface area contributed by atoms with Crippen LogP contribution in [-0.2, 0) is 9.53 Å². The first-order chi connectivity index (χ1) is 8.45. The Bertz CT molecular complexity index is 461. The van der Waals surface area contributed by atoms with Crippen molar-refractivity contribution in [3.63, 3.8) is 0 Å². The number of rotatable bonds is 5. The monoisotopic (exact) mass is 271 g/mol. The number of ether oxygens (including phenoxy) is 1. The van der Waals surface area contributed by atoms with Crippen molar-refractivity contribution >= 4 is 29.2 Å². The molecule has 0 aliphatic heterocycles. The molecule has 1 rings (SSSR count). The van der Waals surface area contributed by atoms with Gasteiger partial charge in [0.05, 0.1) is 10.6 Å². The Morgan fingerprint density at radius 1 is 1.50 bits per heavy atom. The summed E-state index contributed by atoms with van der Waals surface area (Å²) in [4.78, 5) is 22.4. The molecule has 18 heavy (non-hydrogen) atoms. The Morgan fingerprint density at radius 3 is 2.67 bits per heavy atom.